The summed E-state index contributed by atoms with van der Waals surface area (Å²) >= 11 is 1.63. The van der Waals surface area contributed by atoms with Gasteiger partial charge in [0.15, 0.2) is 0 Å². The van der Waals surface area contributed by atoms with E-state index in [9.17, 15) is 4.79 Å². The Morgan fingerprint density at radius 2 is 2.40 bits per heavy atom. The van der Waals surface area contributed by atoms with Gasteiger partial charge >= 0.3 is 0 Å². The number of aryl methyl sites for hydroxylation is 1. The molecule has 0 bridgehead atoms. The molecule has 0 radical (unpaired) electrons. The van der Waals surface area contributed by atoms with Gasteiger partial charge in [-0.1, -0.05) is 6.92 Å². The lowest BCUT2D eigenvalue weighted by Crippen LogP contribution is -2.33. The molecule has 1 aromatic rings. The van der Waals surface area contributed by atoms with Crippen molar-refractivity contribution in [1.29, 1.82) is 0 Å². The van der Waals surface area contributed by atoms with Gasteiger partial charge in [0.1, 0.15) is 0 Å². The SMILES string of the molecule is CCCNC(=O)CNCc1csc(C)n1. The van der Waals surface area contributed by atoms with Gasteiger partial charge in [-0.15, -0.1) is 11.3 Å². The molecule has 15 heavy (non-hydrogen) atoms. The molecule has 0 aliphatic carbocycles. The number of hydrogen-bond acceptors (Lipinski definition) is 4. The monoisotopic (exact) mass is 227 g/mol. The number of rotatable bonds is 6. The zero-order valence-electron chi connectivity index (χ0n) is 9.17. The molecule has 1 aromatic heterocycles. The summed E-state index contributed by atoms with van der Waals surface area (Å²) in [6.45, 7) is 5.77. The molecule has 5 heteroatoms. The summed E-state index contributed by atoms with van der Waals surface area (Å²) < 4.78 is 0. The highest BCUT2D eigenvalue weighted by Gasteiger charge is 2.01. The van der Waals surface area contributed by atoms with Gasteiger partial charge in [0, 0.05) is 18.5 Å². The highest BCUT2D eigenvalue weighted by molar-refractivity contribution is 7.09. The number of carbonyl (C=O) groups excluding carboxylic acids is 1. The van der Waals surface area contributed by atoms with Crippen LogP contribution in [0.25, 0.3) is 0 Å². The molecule has 4 nitrogen and oxygen atoms in total. The number of aromatic nitrogens is 1. The fourth-order valence-corrected chi connectivity index (χ4v) is 1.73. The van der Waals surface area contributed by atoms with E-state index in [1.807, 2.05) is 19.2 Å². The zero-order valence-corrected chi connectivity index (χ0v) is 9.99. The number of amides is 1. The maximum Gasteiger partial charge on any atom is 0.233 e. The molecule has 0 aliphatic heterocycles. The van der Waals surface area contributed by atoms with Crippen LogP contribution in [0.5, 0.6) is 0 Å². The Morgan fingerprint density at radius 3 is 3.00 bits per heavy atom. The van der Waals surface area contributed by atoms with Crippen LogP contribution >= 0.6 is 11.3 Å². The van der Waals surface area contributed by atoms with Crippen molar-refractivity contribution in [2.75, 3.05) is 13.1 Å². The van der Waals surface area contributed by atoms with Crippen LogP contribution in [0.2, 0.25) is 0 Å². The Labute approximate surface area is 94.1 Å². The fourth-order valence-electron chi connectivity index (χ4n) is 1.12. The van der Waals surface area contributed by atoms with Crippen molar-refractivity contribution in [2.45, 2.75) is 26.8 Å². The molecule has 0 saturated carbocycles. The quantitative estimate of drug-likeness (QED) is 0.764. The van der Waals surface area contributed by atoms with Gasteiger partial charge in [0.05, 0.1) is 17.2 Å². The Bertz CT molecular complexity index is 311. The van der Waals surface area contributed by atoms with Crippen molar-refractivity contribution in [1.82, 2.24) is 15.6 Å². The standard InChI is InChI=1S/C10H17N3OS/c1-3-4-12-10(14)6-11-5-9-7-15-8(2)13-9/h7,11H,3-6H2,1-2H3,(H,12,14). The van der Waals surface area contributed by atoms with Crippen LogP contribution in [0, 0.1) is 6.92 Å². The summed E-state index contributed by atoms with van der Waals surface area (Å²) in [4.78, 5) is 15.5. The van der Waals surface area contributed by atoms with Crippen molar-refractivity contribution in [3.8, 4) is 0 Å². The van der Waals surface area contributed by atoms with E-state index < -0.39 is 0 Å². The summed E-state index contributed by atoms with van der Waals surface area (Å²) in [6, 6.07) is 0. The first-order valence-electron chi connectivity index (χ1n) is 5.10. The minimum Gasteiger partial charge on any atom is -0.355 e. The highest BCUT2D eigenvalue weighted by Crippen LogP contribution is 2.06. The first-order valence-corrected chi connectivity index (χ1v) is 5.98. The van der Waals surface area contributed by atoms with Gasteiger partial charge in [0.2, 0.25) is 5.91 Å². The van der Waals surface area contributed by atoms with Gasteiger partial charge in [-0.3, -0.25) is 4.79 Å². The van der Waals surface area contributed by atoms with Crippen molar-refractivity contribution in [2.24, 2.45) is 0 Å². The van der Waals surface area contributed by atoms with E-state index >= 15 is 0 Å². The van der Waals surface area contributed by atoms with E-state index in [-0.39, 0.29) is 5.91 Å². The van der Waals surface area contributed by atoms with Gasteiger partial charge in [0.25, 0.3) is 0 Å². The molecule has 1 heterocycles. The van der Waals surface area contributed by atoms with E-state index in [0.717, 1.165) is 23.7 Å². The fraction of sp³-hybridized carbons (Fsp3) is 0.600. The van der Waals surface area contributed by atoms with Crippen molar-refractivity contribution in [3.05, 3.63) is 16.1 Å². The van der Waals surface area contributed by atoms with E-state index in [1.165, 1.54) is 0 Å². The Morgan fingerprint density at radius 1 is 1.60 bits per heavy atom. The van der Waals surface area contributed by atoms with Crippen LogP contribution in [0.15, 0.2) is 5.38 Å². The topological polar surface area (TPSA) is 54.0 Å². The van der Waals surface area contributed by atoms with Gasteiger partial charge < -0.3 is 10.6 Å². The molecular weight excluding hydrogens is 210 g/mol. The first kappa shape index (κ1) is 12.1. The van der Waals surface area contributed by atoms with Crippen LogP contribution in [0.4, 0.5) is 0 Å². The molecule has 0 saturated heterocycles. The van der Waals surface area contributed by atoms with Crippen LogP contribution in [0.3, 0.4) is 0 Å². The summed E-state index contributed by atoms with van der Waals surface area (Å²) in [6.07, 6.45) is 0.969. The van der Waals surface area contributed by atoms with Crippen LogP contribution in [0.1, 0.15) is 24.0 Å². The van der Waals surface area contributed by atoms with Gasteiger partial charge in [-0.2, -0.15) is 0 Å². The lowest BCUT2D eigenvalue weighted by molar-refractivity contribution is -0.120. The number of carbonyl (C=O) groups is 1. The average molecular weight is 227 g/mol. The summed E-state index contributed by atoms with van der Waals surface area (Å²) in [7, 11) is 0. The first-order chi connectivity index (χ1) is 7.22. The second kappa shape index (κ2) is 6.53. The number of nitrogens with one attached hydrogen (secondary N) is 2. The number of hydrogen-bond donors (Lipinski definition) is 2. The van der Waals surface area contributed by atoms with Gasteiger partial charge in [-0.25, -0.2) is 4.98 Å². The molecule has 0 spiro atoms. The number of thiazole rings is 1. The smallest absolute Gasteiger partial charge is 0.233 e. The predicted octanol–water partition coefficient (Wildman–Crippen LogP) is 1.07. The summed E-state index contributed by atoms with van der Waals surface area (Å²) in [5, 5.41) is 8.92. The third kappa shape index (κ3) is 4.90. The molecule has 0 fully saturated rings. The Hall–Kier alpha value is -0.940. The average Bonchev–Trinajstić information content (AvgIpc) is 2.61. The normalized spacial score (nSPS) is 10.3. The Kier molecular flexibility index (Phi) is 5.28. The van der Waals surface area contributed by atoms with E-state index in [2.05, 4.69) is 15.6 Å². The molecule has 1 rings (SSSR count). The summed E-state index contributed by atoms with van der Waals surface area (Å²) in [5.74, 6) is 0.0452. The second-order valence-corrected chi connectivity index (χ2v) is 4.37. The van der Waals surface area contributed by atoms with Crippen molar-refractivity contribution in [3.63, 3.8) is 0 Å². The minimum atomic E-state index is 0.0452. The Balaban J connectivity index is 2.13. The van der Waals surface area contributed by atoms with Crippen LogP contribution < -0.4 is 10.6 Å². The largest absolute Gasteiger partial charge is 0.355 e. The van der Waals surface area contributed by atoms with Crippen molar-refractivity contribution < 1.29 is 4.79 Å². The third-order valence-electron chi connectivity index (χ3n) is 1.83. The molecule has 0 aromatic carbocycles. The summed E-state index contributed by atoms with van der Waals surface area (Å²) in [5.41, 5.74) is 1.00. The molecule has 0 unspecified atom stereocenters. The molecular formula is C10H17N3OS. The van der Waals surface area contributed by atoms with Crippen molar-refractivity contribution >= 4 is 17.2 Å². The molecule has 2 N–H and O–H groups in total. The molecule has 1 amide bonds. The highest BCUT2D eigenvalue weighted by atomic mass is 32.1. The molecule has 0 aliphatic rings. The third-order valence-corrected chi connectivity index (χ3v) is 2.65. The molecule has 0 atom stereocenters. The van der Waals surface area contributed by atoms with Crippen LogP contribution in [-0.2, 0) is 11.3 Å². The van der Waals surface area contributed by atoms with Crippen LogP contribution in [-0.4, -0.2) is 24.0 Å². The lowest BCUT2D eigenvalue weighted by Gasteiger charge is -2.03. The zero-order chi connectivity index (χ0) is 11.1. The minimum absolute atomic E-state index is 0.0452. The predicted molar refractivity (Wildman–Crippen MR) is 61.9 cm³/mol. The maximum atomic E-state index is 11.2. The maximum absolute atomic E-state index is 11.2. The number of nitrogens with zero attached hydrogens (tertiary/aromatic N) is 1. The molecule has 84 valence electrons. The van der Waals surface area contributed by atoms with E-state index in [4.69, 9.17) is 0 Å². The lowest BCUT2D eigenvalue weighted by atomic mass is 10.4. The van der Waals surface area contributed by atoms with E-state index in [1.54, 1.807) is 11.3 Å². The van der Waals surface area contributed by atoms with E-state index in [0.29, 0.717) is 13.1 Å². The second-order valence-electron chi connectivity index (χ2n) is 3.31. The van der Waals surface area contributed by atoms with Gasteiger partial charge in [-0.05, 0) is 13.3 Å².